The summed E-state index contributed by atoms with van der Waals surface area (Å²) in [6.07, 6.45) is 0. The third-order valence-corrected chi connectivity index (χ3v) is 7.28. The minimum absolute atomic E-state index is 0.0869. The first-order valence-electron chi connectivity index (χ1n) is 11.6. The molecule has 0 radical (unpaired) electrons. The number of ether oxygens (including phenoxy) is 1. The van der Waals surface area contributed by atoms with Crippen LogP contribution in [0.4, 0.5) is 0 Å². The van der Waals surface area contributed by atoms with Gasteiger partial charge < -0.3 is 4.74 Å². The fraction of sp³-hybridized carbons (Fsp3) is 0.0645. The number of para-hydroxylation sites is 2. The van der Waals surface area contributed by atoms with E-state index in [4.69, 9.17) is 4.74 Å². The zero-order valence-electron chi connectivity index (χ0n) is 18.5. The van der Waals surface area contributed by atoms with Crippen molar-refractivity contribution in [3.8, 4) is 11.5 Å². The smallest absolute Gasteiger partial charge is 0.198 e. The third kappa shape index (κ3) is 2.65. The highest BCUT2D eigenvalue weighted by Gasteiger charge is 2.49. The van der Waals surface area contributed by atoms with E-state index in [2.05, 4.69) is 0 Å². The van der Waals surface area contributed by atoms with Gasteiger partial charge in [-0.05, 0) is 23.3 Å². The number of hydrogen-bond acceptors (Lipinski definition) is 4. The Hall–Kier alpha value is -4.57. The van der Waals surface area contributed by atoms with Crippen LogP contribution in [0.3, 0.4) is 0 Å². The molecule has 0 bridgehead atoms. The largest absolute Gasteiger partial charge is 0.457 e. The maximum absolute atomic E-state index is 14.1. The molecular weight excluding hydrogens is 436 g/mol. The standard InChI is InChI=1S/C31H18O4/c32-29-18-10-2-1-9-17(18)26(28-30(33)19-11-3-4-12-20(19)31(28)34)27(29)25-21-13-5-7-15-23(21)35-24-16-8-6-14-22(24)25/h1-16,25,27H/t27-/m0/s1. The minimum atomic E-state index is -0.726. The zero-order valence-corrected chi connectivity index (χ0v) is 18.5. The summed E-state index contributed by atoms with van der Waals surface area (Å²) >= 11 is 0. The molecular formula is C31H18O4. The fourth-order valence-corrected chi connectivity index (χ4v) is 5.81. The first-order valence-corrected chi connectivity index (χ1v) is 11.6. The number of fused-ring (bicyclic) bond motifs is 4. The molecule has 4 aromatic rings. The summed E-state index contributed by atoms with van der Waals surface area (Å²) in [6.45, 7) is 0. The van der Waals surface area contributed by atoms with Gasteiger partial charge >= 0.3 is 0 Å². The number of benzene rings is 4. The summed E-state index contributed by atoms with van der Waals surface area (Å²) in [5.41, 5.74) is 4.35. The summed E-state index contributed by atoms with van der Waals surface area (Å²) in [4.78, 5) is 41.3. The fourth-order valence-electron chi connectivity index (χ4n) is 5.81. The Morgan fingerprint density at radius 2 is 0.943 bits per heavy atom. The third-order valence-electron chi connectivity index (χ3n) is 7.28. The molecule has 0 unspecified atom stereocenters. The van der Waals surface area contributed by atoms with Gasteiger partial charge in [0.2, 0.25) is 0 Å². The number of rotatable bonds is 1. The predicted molar refractivity (Wildman–Crippen MR) is 131 cm³/mol. The summed E-state index contributed by atoms with van der Waals surface area (Å²) in [6, 6.07) is 29.5. The molecule has 3 aliphatic rings. The Morgan fingerprint density at radius 1 is 0.486 bits per heavy atom. The van der Waals surface area contributed by atoms with E-state index in [1.807, 2.05) is 66.7 Å². The lowest BCUT2D eigenvalue weighted by Crippen LogP contribution is -2.24. The van der Waals surface area contributed by atoms with E-state index in [9.17, 15) is 14.4 Å². The van der Waals surface area contributed by atoms with Crippen LogP contribution < -0.4 is 4.74 Å². The zero-order chi connectivity index (χ0) is 23.7. The molecule has 2 aliphatic carbocycles. The molecule has 4 heteroatoms. The first kappa shape index (κ1) is 19.9. The Labute approximate surface area is 201 Å². The van der Waals surface area contributed by atoms with E-state index < -0.39 is 11.8 Å². The van der Waals surface area contributed by atoms with Gasteiger partial charge in [-0.3, -0.25) is 14.4 Å². The van der Waals surface area contributed by atoms with Gasteiger partial charge in [0.15, 0.2) is 17.3 Å². The molecule has 7 rings (SSSR count). The normalized spacial score (nSPS) is 18.2. The number of Topliss-reactive ketones (excluding diaryl/α,β-unsaturated/α-hetero) is 3. The van der Waals surface area contributed by atoms with Gasteiger partial charge in [-0.15, -0.1) is 0 Å². The van der Waals surface area contributed by atoms with Crippen molar-refractivity contribution in [3.05, 3.63) is 136 Å². The van der Waals surface area contributed by atoms with Crippen LogP contribution in [0.5, 0.6) is 11.5 Å². The highest BCUT2D eigenvalue weighted by Crippen LogP contribution is 2.55. The SMILES string of the molecule is O=C1C(=C2c3ccccc3C(=O)[C@H]2C2c3ccccc3Oc3ccccc32)C(=O)c2ccccc21. The molecule has 4 aromatic carbocycles. The van der Waals surface area contributed by atoms with Crippen LogP contribution in [0.25, 0.3) is 5.57 Å². The molecule has 0 spiro atoms. The molecule has 0 saturated heterocycles. The molecule has 166 valence electrons. The number of carbonyl (C=O) groups is 3. The van der Waals surface area contributed by atoms with Crippen LogP contribution in [-0.2, 0) is 0 Å². The second-order valence-corrected chi connectivity index (χ2v) is 9.04. The molecule has 1 aliphatic heterocycles. The Morgan fingerprint density at radius 3 is 1.51 bits per heavy atom. The molecule has 35 heavy (non-hydrogen) atoms. The van der Waals surface area contributed by atoms with Gasteiger partial charge in [-0.25, -0.2) is 0 Å². The van der Waals surface area contributed by atoms with E-state index in [1.54, 1.807) is 30.3 Å². The molecule has 4 nitrogen and oxygen atoms in total. The lowest BCUT2D eigenvalue weighted by molar-refractivity contribution is 0.0949. The van der Waals surface area contributed by atoms with Crippen LogP contribution in [0, 0.1) is 5.92 Å². The van der Waals surface area contributed by atoms with Crippen molar-refractivity contribution < 1.29 is 19.1 Å². The van der Waals surface area contributed by atoms with E-state index in [0.717, 1.165) is 11.1 Å². The quantitative estimate of drug-likeness (QED) is 0.251. The Kier molecular flexibility index (Phi) is 4.09. The Balaban J connectivity index is 1.54. The lowest BCUT2D eigenvalue weighted by atomic mass is 9.73. The molecule has 1 atom stereocenters. The van der Waals surface area contributed by atoms with Gasteiger partial charge in [-0.2, -0.15) is 0 Å². The van der Waals surface area contributed by atoms with Gasteiger partial charge in [-0.1, -0.05) is 84.9 Å². The van der Waals surface area contributed by atoms with Gasteiger partial charge in [0.05, 0.1) is 11.5 Å². The van der Waals surface area contributed by atoms with Crippen molar-refractivity contribution >= 4 is 22.9 Å². The van der Waals surface area contributed by atoms with E-state index in [-0.39, 0.29) is 22.9 Å². The monoisotopic (exact) mass is 454 g/mol. The van der Waals surface area contributed by atoms with Gasteiger partial charge in [0.1, 0.15) is 11.5 Å². The van der Waals surface area contributed by atoms with Crippen molar-refractivity contribution in [2.75, 3.05) is 0 Å². The average Bonchev–Trinajstić information content (AvgIpc) is 3.32. The van der Waals surface area contributed by atoms with Crippen molar-refractivity contribution in [1.29, 1.82) is 0 Å². The van der Waals surface area contributed by atoms with Crippen molar-refractivity contribution in [2.24, 2.45) is 5.92 Å². The number of allylic oxidation sites excluding steroid dienone is 2. The summed E-state index contributed by atoms with van der Waals surface area (Å²) in [5.74, 6) is -0.490. The van der Waals surface area contributed by atoms with E-state index >= 15 is 0 Å². The van der Waals surface area contributed by atoms with Crippen molar-refractivity contribution in [3.63, 3.8) is 0 Å². The van der Waals surface area contributed by atoms with Crippen LogP contribution in [-0.4, -0.2) is 17.3 Å². The van der Waals surface area contributed by atoms with Crippen LogP contribution >= 0.6 is 0 Å². The molecule has 1 heterocycles. The van der Waals surface area contributed by atoms with Crippen molar-refractivity contribution in [2.45, 2.75) is 5.92 Å². The average molecular weight is 454 g/mol. The lowest BCUT2D eigenvalue weighted by Gasteiger charge is -2.32. The van der Waals surface area contributed by atoms with Crippen molar-refractivity contribution in [1.82, 2.24) is 0 Å². The number of hydrogen-bond donors (Lipinski definition) is 0. The second kappa shape index (κ2) is 7.21. The minimum Gasteiger partial charge on any atom is -0.457 e. The topological polar surface area (TPSA) is 60.4 Å². The maximum atomic E-state index is 14.1. The first-order chi connectivity index (χ1) is 17.1. The van der Waals surface area contributed by atoms with E-state index in [0.29, 0.717) is 39.3 Å². The highest BCUT2D eigenvalue weighted by atomic mass is 16.5. The summed E-state index contributed by atoms with van der Waals surface area (Å²) in [7, 11) is 0. The highest BCUT2D eigenvalue weighted by molar-refractivity contribution is 6.43. The molecule has 0 N–H and O–H groups in total. The van der Waals surface area contributed by atoms with Crippen LogP contribution in [0.2, 0.25) is 0 Å². The molecule has 0 amide bonds. The summed E-state index contributed by atoms with van der Waals surface area (Å²) in [5, 5.41) is 0. The second-order valence-electron chi connectivity index (χ2n) is 9.04. The van der Waals surface area contributed by atoms with Crippen LogP contribution in [0.15, 0.2) is 103 Å². The van der Waals surface area contributed by atoms with Crippen LogP contribution in [0.1, 0.15) is 53.7 Å². The maximum Gasteiger partial charge on any atom is 0.198 e. The number of carbonyl (C=O) groups excluding carboxylic acids is 3. The van der Waals surface area contributed by atoms with E-state index in [1.165, 1.54) is 0 Å². The van der Waals surface area contributed by atoms with Gasteiger partial charge in [0.25, 0.3) is 0 Å². The molecule has 0 saturated carbocycles. The molecule has 0 fully saturated rings. The Bertz CT molecular complexity index is 1560. The molecule has 0 aromatic heterocycles. The predicted octanol–water partition coefficient (Wildman–Crippen LogP) is 6.27. The number of ketones is 3. The summed E-state index contributed by atoms with van der Waals surface area (Å²) < 4.78 is 6.17. The van der Waals surface area contributed by atoms with Gasteiger partial charge in [0, 0.05) is 33.7 Å².